The van der Waals surface area contributed by atoms with Crippen molar-refractivity contribution in [3.63, 3.8) is 0 Å². The van der Waals surface area contributed by atoms with E-state index in [0.29, 0.717) is 28.9 Å². The number of carbonyl (C=O) groups excluding carboxylic acids is 2. The maximum Gasteiger partial charge on any atom is 0.341 e. The molecule has 8 nitrogen and oxygen atoms in total. The number of amides is 1. The molecule has 0 aliphatic heterocycles. The molecule has 10 heteroatoms. The van der Waals surface area contributed by atoms with Crippen molar-refractivity contribution in [2.75, 3.05) is 24.8 Å². The minimum atomic E-state index is -0.362. The lowest BCUT2D eigenvalue weighted by Gasteiger charge is -2.12. The van der Waals surface area contributed by atoms with Gasteiger partial charge in [0.1, 0.15) is 10.8 Å². The number of benzene rings is 1. The summed E-state index contributed by atoms with van der Waals surface area (Å²) in [6, 6.07) is 7.65. The number of aromatic nitrogens is 3. The van der Waals surface area contributed by atoms with E-state index in [-0.39, 0.29) is 17.6 Å². The van der Waals surface area contributed by atoms with Crippen molar-refractivity contribution in [3.8, 4) is 17.1 Å². The molecule has 0 atom stereocenters. The molecule has 180 valence electrons. The number of methoxy groups -OCH3 is 1. The highest BCUT2D eigenvalue weighted by molar-refractivity contribution is 7.99. The number of anilines is 1. The third-order valence-corrected chi connectivity index (χ3v) is 7.77. The Morgan fingerprint density at radius 1 is 1.21 bits per heavy atom. The predicted molar refractivity (Wildman–Crippen MR) is 134 cm³/mol. The number of nitrogens with zero attached hydrogens (tertiary/aromatic N) is 3. The molecule has 1 aromatic carbocycles. The van der Waals surface area contributed by atoms with Gasteiger partial charge in [0.15, 0.2) is 11.0 Å². The van der Waals surface area contributed by atoms with Gasteiger partial charge >= 0.3 is 5.97 Å². The maximum absolute atomic E-state index is 12.8. The Morgan fingerprint density at radius 2 is 2.03 bits per heavy atom. The molecule has 0 saturated heterocycles. The number of fused-ring (bicyclic) bond motifs is 1. The van der Waals surface area contributed by atoms with Gasteiger partial charge in [-0.2, -0.15) is 0 Å². The molecule has 4 rings (SSSR count). The topological polar surface area (TPSA) is 95.3 Å². The lowest BCUT2D eigenvalue weighted by atomic mass is 9.95. The summed E-state index contributed by atoms with van der Waals surface area (Å²) in [5, 5.41) is 12.8. The van der Waals surface area contributed by atoms with E-state index in [0.717, 1.165) is 48.4 Å². The zero-order valence-corrected chi connectivity index (χ0v) is 21.2. The average Bonchev–Trinajstić information content (AvgIpc) is 3.43. The van der Waals surface area contributed by atoms with Crippen LogP contribution in [0.4, 0.5) is 5.00 Å². The van der Waals surface area contributed by atoms with E-state index in [2.05, 4.69) is 15.5 Å². The second kappa shape index (κ2) is 11.1. The van der Waals surface area contributed by atoms with Crippen molar-refractivity contribution in [2.24, 2.45) is 0 Å². The monoisotopic (exact) mass is 500 g/mol. The number of nitrogens with one attached hydrogen (secondary N) is 1. The zero-order valence-electron chi connectivity index (χ0n) is 19.6. The first-order valence-electron chi connectivity index (χ1n) is 11.4. The highest BCUT2D eigenvalue weighted by atomic mass is 32.2. The minimum Gasteiger partial charge on any atom is -0.497 e. The molecule has 1 amide bonds. The lowest BCUT2D eigenvalue weighted by molar-refractivity contribution is -0.113. The first-order valence-corrected chi connectivity index (χ1v) is 13.2. The van der Waals surface area contributed by atoms with Gasteiger partial charge in [0, 0.05) is 17.0 Å². The van der Waals surface area contributed by atoms with E-state index < -0.39 is 0 Å². The Labute approximate surface area is 207 Å². The highest BCUT2D eigenvalue weighted by Crippen LogP contribution is 2.38. The number of carbonyl (C=O) groups is 2. The summed E-state index contributed by atoms with van der Waals surface area (Å²) in [4.78, 5) is 26.6. The number of esters is 1. The van der Waals surface area contributed by atoms with Gasteiger partial charge in [-0.3, -0.25) is 4.79 Å². The summed E-state index contributed by atoms with van der Waals surface area (Å²) in [5.41, 5.74) is 2.46. The fraction of sp³-hybridized carbons (Fsp3) is 0.417. The molecule has 0 radical (unpaired) electrons. The number of rotatable bonds is 9. The summed E-state index contributed by atoms with van der Waals surface area (Å²) in [6.45, 7) is 4.76. The standard InChI is InChI=1S/C24H28N4O4S2/c1-4-28-21(15-9-8-10-16(13-15)31-3)26-27-24(28)33-14-19(29)25-22-20(23(30)32-5-2)17-11-6-7-12-18(17)34-22/h8-10,13H,4-7,11-12,14H2,1-3H3,(H,25,29). The van der Waals surface area contributed by atoms with Gasteiger partial charge in [-0.15, -0.1) is 21.5 Å². The molecule has 2 aromatic heterocycles. The van der Waals surface area contributed by atoms with E-state index in [1.807, 2.05) is 35.8 Å². The summed E-state index contributed by atoms with van der Waals surface area (Å²) in [6.07, 6.45) is 3.92. The molecule has 3 aromatic rings. The van der Waals surface area contributed by atoms with Crippen molar-refractivity contribution >= 4 is 40.0 Å². The van der Waals surface area contributed by atoms with E-state index in [9.17, 15) is 9.59 Å². The Kier molecular flexibility index (Phi) is 7.89. The molecule has 34 heavy (non-hydrogen) atoms. The lowest BCUT2D eigenvalue weighted by Crippen LogP contribution is -2.17. The van der Waals surface area contributed by atoms with Crippen LogP contribution in [0.15, 0.2) is 29.4 Å². The van der Waals surface area contributed by atoms with Crippen LogP contribution in [-0.4, -0.2) is 46.1 Å². The normalized spacial score (nSPS) is 12.8. The molecule has 1 aliphatic carbocycles. The van der Waals surface area contributed by atoms with Crippen LogP contribution in [0.3, 0.4) is 0 Å². The van der Waals surface area contributed by atoms with Gasteiger partial charge in [-0.05, 0) is 57.2 Å². The van der Waals surface area contributed by atoms with Crippen LogP contribution in [0.1, 0.15) is 47.5 Å². The second-order valence-corrected chi connectivity index (χ2v) is 9.80. The van der Waals surface area contributed by atoms with Gasteiger partial charge in [-0.25, -0.2) is 4.79 Å². The van der Waals surface area contributed by atoms with Gasteiger partial charge in [0.05, 0.1) is 25.0 Å². The van der Waals surface area contributed by atoms with Crippen LogP contribution in [0.2, 0.25) is 0 Å². The van der Waals surface area contributed by atoms with E-state index >= 15 is 0 Å². The van der Waals surface area contributed by atoms with E-state index in [1.165, 1.54) is 28.0 Å². The molecule has 0 saturated carbocycles. The molecule has 1 N–H and O–H groups in total. The van der Waals surface area contributed by atoms with Crippen LogP contribution in [-0.2, 0) is 28.9 Å². The Morgan fingerprint density at radius 3 is 2.79 bits per heavy atom. The average molecular weight is 501 g/mol. The van der Waals surface area contributed by atoms with E-state index in [1.54, 1.807) is 14.0 Å². The third-order valence-electron chi connectivity index (χ3n) is 5.60. The van der Waals surface area contributed by atoms with Gasteiger partial charge in [-0.1, -0.05) is 23.9 Å². The number of thiophene rings is 1. The van der Waals surface area contributed by atoms with Gasteiger partial charge in [0.25, 0.3) is 0 Å². The summed E-state index contributed by atoms with van der Waals surface area (Å²) in [5.74, 6) is 1.06. The van der Waals surface area contributed by atoms with E-state index in [4.69, 9.17) is 9.47 Å². The first kappa shape index (κ1) is 24.3. The SMILES string of the molecule is CCOC(=O)c1c(NC(=O)CSc2nnc(-c3cccc(OC)c3)n2CC)sc2c1CCCC2. The number of hydrogen-bond donors (Lipinski definition) is 1. The van der Waals surface area contributed by atoms with Crippen molar-refractivity contribution in [1.29, 1.82) is 0 Å². The maximum atomic E-state index is 12.8. The van der Waals surface area contributed by atoms with Gasteiger partial charge < -0.3 is 19.4 Å². The fourth-order valence-corrected chi connectivity index (χ4v) is 6.12. The third kappa shape index (κ3) is 5.12. The van der Waals surface area contributed by atoms with Crippen molar-refractivity contribution in [1.82, 2.24) is 14.8 Å². The number of hydrogen-bond acceptors (Lipinski definition) is 8. The molecule has 0 spiro atoms. The molecule has 1 aliphatic rings. The second-order valence-electron chi connectivity index (χ2n) is 7.75. The predicted octanol–water partition coefficient (Wildman–Crippen LogP) is 4.82. The Balaban J connectivity index is 1.48. The fourth-order valence-electron chi connectivity index (χ4n) is 4.02. The van der Waals surface area contributed by atoms with Crippen LogP contribution in [0.25, 0.3) is 11.4 Å². The molecule has 0 fully saturated rings. The summed E-state index contributed by atoms with van der Waals surface area (Å²) >= 11 is 2.81. The van der Waals surface area contributed by atoms with Crippen LogP contribution in [0.5, 0.6) is 5.75 Å². The van der Waals surface area contributed by atoms with Crippen molar-refractivity contribution in [3.05, 3.63) is 40.3 Å². The molecule has 2 heterocycles. The number of aryl methyl sites for hydroxylation is 1. The van der Waals surface area contributed by atoms with Crippen LogP contribution < -0.4 is 10.1 Å². The molecule has 0 unspecified atom stereocenters. The Hall–Kier alpha value is -2.85. The first-order chi connectivity index (χ1) is 16.5. The summed E-state index contributed by atoms with van der Waals surface area (Å²) in [7, 11) is 1.63. The largest absolute Gasteiger partial charge is 0.497 e. The summed E-state index contributed by atoms with van der Waals surface area (Å²) < 4.78 is 12.6. The molecular weight excluding hydrogens is 472 g/mol. The smallest absolute Gasteiger partial charge is 0.341 e. The van der Waals surface area contributed by atoms with Crippen LogP contribution >= 0.6 is 23.1 Å². The number of ether oxygens (including phenoxy) is 2. The van der Waals surface area contributed by atoms with Crippen LogP contribution in [0, 0.1) is 0 Å². The minimum absolute atomic E-state index is 0.154. The van der Waals surface area contributed by atoms with Crippen molar-refractivity contribution in [2.45, 2.75) is 51.2 Å². The number of thioether (sulfide) groups is 1. The molecule has 0 bridgehead atoms. The quantitative estimate of drug-likeness (QED) is 0.332. The highest BCUT2D eigenvalue weighted by Gasteiger charge is 2.27. The van der Waals surface area contributed by atoms with Crippen molar-refractivity contribution < 1.29 is 19.1 Å². The zero-order chi connectivity index (χ0) is 24.1. The van der Waals surface area contributed by atoms with Gasteiger partial charge in [0.2, 0.25) is 5.91 Å². The molecular formula is C24H28N4O4S2. The Bertz CT molecular complexity index is 1190.